The van der Waals surface area contributed by atoms with E-state index >= 15 is 0 Å². The monoisotopic (exact) mass is 320 g/mol. The van der Waals surface area contributed by atoms with Gasteiger partial charge in [-0.3, -0.25) is 4.79 Å². The van der Waals surface area contributed by atoms with Crippen LogP contribution in [0.1, 0.15) is 52.4 Å². The van der Waals surface area contributed by atoms with Crippen LogP contribution in [0.25, 0.3) is 0 Å². The molecule has 0 aromatic carbocycles. The molecule has 0 unspecified atom stereocenters. The summed E-state index contributed by atoms with van der Waals surface area (Å²) in [6.07, 6.45) is 7.30. The first-order valence-electron chi connectivity index (χ1n) is 8.55. The van der Waals surface area contributed by atoms with Crippen molar-refractivity contribution in [2.45, 2.75) is 58.0 Å². The highest BCUT2D eigenvalue weighted by Gasteiger charge is 2.41. The van der Waals surface area contributed by atoms with Crippen molar-refractivity contribution in [3.05, 3.63) is 18.3 Å². The fraction of sp³-hybridized carbons (Fsp3) is 0.667. The van der Waals surface area contributed by atoms with Gasteiger partial charge in [-0.2, -0.15) is 0 Å². The van der Waals surface area contributed by atoms with Gasteiger partial charge in [-0.05, 0) is 44.1 Å². The Morgan fingerprint density at radius 3 is 2.70 bits per heavy atom. The molecule has 2 rings (SSSR count). The summed E-state index contributed by atoms with van der Waals surface area (Å²) in [6.45, 7) is 5.01. The van der Waals surface area contributed by atoms with Gasteiger partial charge in [-0.1, -0.05) is 20.3 Å². The number of pyridine rings is 1. The molecule has 1 aliphatic rings. The van der Waals surface area contributed by atoms with E-state index in [4.69, 9.17) is 9.47 Å². The SMILES string of the molecule is CCCCOc1ccc(NC(=O)C2(OC)CCC(C)CC2)cn1. The molecular formula is C18H28N2O3. The average Bonchev–Trinajstić information content (AvgIpc) is 2.57. The number of unbranched alkanes of at least 4 members (excludes halogenated alkanes) is 1. The van der Waals surface area contributed by atoms with E-state index < -0.39 is 5.60 Å². The molecule has 0 atom stereocenters. The van der Waals surface area contributed by atoms with Crippen molar-refractivity contribution < 1.29 is 14.3 Å². The zero-order valence-electron chi connectivity index (χ0n) is 14.4. The van der Waals surface area contributed by atoms with Gasteiger partial charge in [0.1, 0.15) is 5.60 Å². The first-order valence-corrected chi connectivity index (χ1v) is 8.55. The Balaban J connectivity index is 1.93. The number of carbonyl (C=O) groups is 1. The van der Waals surface area contributed by atoms with Gasteiger partial charge in [0.25, 0.3) is 5.91 Å². The molecule has 1 fully saturated rings. The molecule has 0 radical (unpaired) electrons. The van der Waals surface area contributed by atoms with Crippen LogP contribution in [0.2, 0.25) is 0 Å². The van der Waals surface area contributed by atoms with Crippen LogP contribution in [0.5, 0.6) is 5.88 Å². The molecule has 1 heterocycles. The van der Waals surface area contributed by atoms with Gasteiger partial charge in [-0.25, -0.2) is 4.98 Å². The third-order valence-corrected chi connectivity index (χ3v) is 4.63. The van der Waals surface area contributed by atoms with Crippen molar-refractivity contribution in [3.63, 3.8) is 0 Å². The third kappa shape index (κ3) is 4.67. The summed E-state index contributed by atoms with van der Waals surface area (Å²) in [5, 5.41) is 2.93. The van der Waals surface area contributed by atoms with Crippen LogP contribution in [-0.4, -0.2) is 30.2 Å². The molecule has 23 heavy (non-hydrogen) atoms. The van der Waals surface area contributed by atoms with Gasteiger partial charge in [0, 0.05) is 13.2 Å². The minimum Gasteiger partial charge on any atom is -0.478 e. The number of ether oxygens (including phenoxy) is 2. The molecule has 0 aliphatic heterocycles. The second kappa shape index (κ2) is 8.29. The topological polar surface area (TPSA) is 60.5 Å². The van der Waals surface area contributed by atoms with E-state index in [0.29, 0.717) is 24.1 Å². The van der Waals surface area contributed by atoms with E-state index in [0.717, 1.165) is 38.5 Å². The Bertz CT molecular complexity index is 493. The molecule has 0 bridgehead atoms. The van der Waals surface area contributed by atoms with Gasteiger partial charge in [0.15, 0.2) is 0 Å². The van der Waals surface area contributed by atoms with Crippen molar-refractivity contribution in [3.8, 4) is 5.88 Å². The molecule has 5 heteroatoms. The van der Waals surface area contributed by atoms with E-state index in [1.165, 1.54) is 0 Å². The van der Waals surface area contributed by atoms with Crippen molar-refractivity contribution >= 4 is 11.6 Å². The number of carbonyl (C=O) groups excluding carboxylic acids is 1. The minimum absolute atomic E-state index is 0.0756. The number of nitrogens with zero attached hydrogens (tertiary/aromatic N) is 1. The van der Waals surface area contributed by atoms with Crippen molar-refractivity contribution in [1.29, 1.82) is 0 Å². The first-order chi connectivity index (χ1) is 11.1. The van der Waals surface area contributed by atoms with Crippen LogP contribution < -0.4 is 10.1 Å². The molecule has 1 aromatic heterocycles. The number of aromatic nitrogens is 1. The molecule has 1 saturated carbocycles. The zero-order valence-corrected chi connectivity index (χ0v) is 14.4. The second-order valence-corrected chi connectivity index (χ2v) is 6.42. The van der Waals surface area contributed by atoms with E-state index in [1.807, 2.05) is 6.07 Å². The minimum atomic E-state index is -0.706. The van der Waals surface area contributed by atoms with Gasteiger partial charge >= 0.3 is 0 Å². The molecular weight excluding hydrogens is 292 g/mol. The van der Waals surface area contributed by atoms with Crippen LogP contribution in [0, 0.1) is 5.92 Å². The molecule has 1 amide bonds. The maximum absolute atomic E-state index is 12.6. The van der Waals surface area contributed by atoms with Crippen molar-refractivity contribution in [1.82, 2.24) is 4.98 Å². The van der Waals surface area contributed by atoms with Crippen molar-refractivity contribution in [2.24, 2.45) is 5.92 Å². The summed E-state index contributed by atoms with van der Waals surface area (Å²) in [7, 11) is 1.62. The van der Waals surface area contributed by atoms with Crippen LogP contribution in [0.15, 0.2) is 18.3 Å². The quantitative estimate of drug-likeness (QED) is 0.776. The molecule has 1 aliphatic carbocycles. The van der Waals surface area contributed by atoms with Gasteiger partial charge in [0.05, 0.1) is 18.5 Å². The van der Waals surface area contributed by atoms with E-state index in [2.05, 4.69) is 24.1 Å². The van der Waals surface area contributed by atoms with E-state index in [1.54, 1.807) is 19.4 Å². The summed E-state index contributed by atoms with van der Waals surface area (Å²) in [6, 6.07) is 3.61. The third-order valence-electron chi connectivity index (χ3n) is 4.63. The van der Waals surface area contributed by atoms with Gasteiger partial charge < -0.3 is 14.8 Å². The van der Waals surface area contributed by atoms with Gasteiger partial charge in [-0.15, -0.1) is 0 Å². The Hall–Kier alpha value is -1.62. The Kier molecular flexibility index (Phi) is 6.39. The smallest absolute Gasteiger partial charge is 0.256 e. The second-order valence-electron chi connectivity index (χ2n) is 6.42. The molecule has 128 valence electrons. The number of methoxy groups -OCH3 is 1. The number of amides is 1. The largest absolute Gasteiger partial charge is 0.478 e. The molecule has 5 nitrogen and oxygen atoms in total. The highest BCUT2D eigenvalue weighted by atomic mass is 16.5. The Morgan fingerprint density at radius 1 is 1.39 bits per heavy atom. The van der Waals surface area contributed by atoms with Crippen LogP contribution in [0.4, 0.5) is 5.69 Å². The predicted octanol–water partition coefficient (Wildman–Crippen LogP) is 3.79. The lowest BCUT2D eigenvalue weighted by atomic mass is 9.79. The number of anilines is 1. The summed E-state index contributed by atoms with van der Waals surface area (Å²) < 4.78 is 11.1. The maximum Gasteiger partial charge on any atom is 0.256 e. The molecule has 0 spiro atoms. The van der Waals surface area contributed by atoms with Crippen LogP contribution in [0.3, 0.4) is 0 Å². The molecule has 1 N–H and O–H groups in total. The summed E-state index contributed by atoms with van der Waals surface area (Å²) in [5.41, 5.74) is -0.0316. The van der Waals surface area contributed by atoms with Crippen LogP contribution >= 0.6 is 0 Å². The number of rotatable bonds is 7. The predicted molar refractivity (Wildman–Crippen MR) is 90.6 cm³/mol. The van der Waals surface area contributed by atoms with E-state index in [-0.39, 0.29) is 5.91 Å². The Morgan fingerprint density at radius 2 is 2.13 bits per heavy atom. The lowest BCUT2D eigenvalue weighted by Crippen LogP contribution is -2.47. The lowest BCUT2D eigenvalue weighted by Gasteiger charge is -2.36. The highest BCUT2D eigenvalue weighted by molar-refractivity contribution is 5.97. The average molecular weight is 320 g/mol. The summed E-state index contributed by atoms with van der Waals surface area (Å²) in [5.74, 6) is 1.17. The maximum atomic E-state index is 12.6. The Labute approximate surface area is 138 Å². The zero-order chi connectivity index (χ0) is 16.7. The normalized spacial score (nSPS) is 24.2. The van der Waals surface area contributed by atoms with Crippen LogP contribution in [-0.2, 0) is 9.53 Å². The number of hydrogen-bond donors (Lipinski definition) is 1. The first kappa shape index (κ1) is 17.7. The number of nitrogens with one attached hydrogen (secondary N) is 1. The molecule has 1 aromatic rings. The van der Waals surface area contributed by atoms with Gasteiger partial charge in [0.2, 0.25) is 5.88 Å². The molecule has 0 saturated heterocycles. The standard InChI is InChI=1S/C18H28N2O3/c1-4-5-12-23-16-7-6-15(13-19-16)20-17(21)18(22-3)10-8-14(2)9-11-18/h6-7,13-14H,4-5,8-12H2,1-3H3,(H,20,21). The lowest BCUT2D eigenvalue weighted by molar-refractivity contribution is -0.142. The van der Waals surface area contributed by atoms with Crippen molar-refractivity contribution in [2.75, 3.05) is 19.0 Å². The number of hydrogen-bond acceptors (Lipinski definition) is 4. The summed E-state index contributed by atoms with van der Waals surface area (Å²) in [4.78, 5) is 16.9. The van der Waals surface area contributed by atoms with E-state index in [9.17, 15) is 4.79 Å². The fourth-order valence-electron chi connectivity index (χ4n) is 2.86. The summed E-state index contributed by atoms with van der Waals surface area (Å²) >= 11 is 0. The fourth-order valence-corrected chi connectivity index (χ4v) is 2.86. The highest BCUT2D eigenvalue weighted by Crippen LogP contribution is 2.35.